The molecule has 4 heteroatoms. The van der Waals surface area contributed by atoms with Crippen LogP contribution in [0.5, 0.6) is 0 Å². The van der Waals surface area contributed by atoms with Crippen molar-refractivity contribution < 1.29 is 9.59 Å². The zero-order valence-electron chi connectivity index (χ0n) is 11.7. The molecule has 0 aromatic heterocycles. The number of hydrogen-bond acceptors (Lipinski definition) is 2. The van der Waals surface area contributed by atoms with E-state index in [-0.39, 0.29) is 18.4 Å². The lowest BCUT2D eigenvalue weighted by Crippen LogP contribution is -2.43. The van der Waals surface area contributed by atoms with E-state index in [1.54, 1.807) is 4.90 Å². The van der Waals surface area contributed by atoms with Gasteiger partial charge in [0.15, 0.2) is 0 Å². The first-order chi connectivity index (χ1) is 8.10. The van der Waals surface area contributed by atoms with Crippen molar-refractivity contribution in [2.45, 2.75) is 47.0 Å². The first-order valence-electron chi connectivity index (χ1n) is 6.66. The van der Waals surface area contributed by atoms with Gasteiger partial charge in [0, 0.05) is 26.1 Å². The van der Waals surface area contributed by atoms with E-state index in [9.17, 15) is 9.59 Å². The monoisotopic (exact) mass is 242 g/mol. The third-order valence-corrected chi connectivity index (χ3v) is 2.75. The highest BCUT2D eigenvalue weighted by Gasteiger charge is 2.17. The predicted molar refractivity (Wildman–Crippen MR) is 69.7 cm³/mol. The molecule has 0 unspecified atom stereocenters. The first-order valence-corrected chi connectivity index (χ1v) is 6.66. The van der Waals surface area contributed by atoms with E-state index in [0.29, 0.717) is 19.5 Å². The van der Waals surface area contributed by atoms with Crippen LogP contribution in [0, 0.1) is 0 Å². The third-order valence-electron chi connectivity index (χ3n) is 2.75. The second kappa shape index (κ2) is 9.02. The Labute approximate surface area is 105 Å². The van der Waals surface area contributed by atoms with E-state index >= 15 is 0 Å². The maximum atomic E-state index is 12.0. The van der Waals surface area contributed by atoms with E-state index < -0.39 is 0 Å². The second-order valence-corrected chi connectivity index (χ2v) is 4.13. The summed E-state index contributed by atoms with van der Waals surface area (Å²) in [5.74, 6) is 0.136. The lowest BCUT2D eigenvalue weighted by atomic mass is 10.3. The molecule has 0 aliphatic rings. The Morgan fingerprint density at radius 2 is 1.41 bits per heavy atom. The SMILES string of the molecule is CCCC(=O)N(CC)CC(=O)N(CC)CCC. The topological polar surface area (TPSA) is 40.6 Å². The molecule has 0 heterocycles. The highest BCUT2D eigenvalue weighted by atomic mass is 16.2. The summed E-state index contributed by atoms with van der Waals surface area (Å²) in [5.41, 5.74) is 0. The zero-order chi connectivity index (χ0) is 13.3. The largest absolute Gasteiger partial charge is 0.341 e. The number of likely N-dealkylation sites (N-methyl/N-ethyl adjacent to an activating group) is 2. The standard InChI is InChI=1S/C13H26N2O2/c1-5-9-12(16)15(8-4)11-13(17)14(7-3)10-6-2/h5-11H2,1-4H3. The van der Waals surface area contributed by atoms with Crippen molar-refractivity contribution in [3.63, 3.8) is 0 Å². The molecule has 0 aromatic rings. The van der Waals surface area contributed by atoms with Crippen LogP contribution in [-0.2, 0) is 9.59 Å². The van der Waals surface area contributed by atoms with Gasteiger partial charge in [-0.25, -0.2) is 0 Å². The van der Waals surface area contributed by atoms with Gasteiger partial charge in [0.2, 0.25) is 11.8 Å². The van der Waals surface area contributed by atoms with Crippen molar-refractivity contribution in [2.75, 3.05) is 26.2 Å². The van der Waals surface area contributed by atoms with Crippen LogP contribution in [-0.4, -0.2) is 47.8 Å². The maximum absolute atomic E-state index is 12.0. The Morgan fingerprint density at radius 1 is 0.824 bits per heavy atom. The van der Waals surface area contributed by atoms with Crippen molar-refractivity contribution in [2.24, 2.45) is 0 Å². The fourth-order valence-electron chi connectivity index (χ4n) is 1.74. The van der Waals surface area contributed by atoms with Gasteiger partial charge in [-0.15, -0.1) is 0 Å². The Bertz CT molecular complexity index is 242. The fourth-order valence-corrected chi connectivity index (χ4v) is 1.74. The molecule has 0 N–H and O–H groups in total. The summed E-state index contributed by atoms with van der Waals surface area (Å²) in [6.45, 7) is 10.2. The second-order valence-electron chi connectivity index (χ2n) is 4.13. The highest BCUT2D eigenvalue weighted by molar-refractivity contribution is 5.84. The van der Waals surface area contributed by atoms with Crippen LogP contribution < -0.4 is 0 Å². The van der Waals surface area contributed by atoms with Crippen LogP contribution >= 0.6 is 0 Å². The minimum Gasteiger partial charge on any atom is -0.341 e. The Morgan fingerprint density at radius 3 is 1.82 bits per heavy atom. The molecule has 0 aromatic carbocycles. The van der Waals surface area contributed by atoms with Gasteiger partial charge in [-0.05, 0) is 26.7 Å². The lowest BCUT2D eigenvalue weighted by Gasteiger charge is -2.25. The molecule has 0 atom stereocenters. The van der Waals surface area contributed by atoms with Gasteiger partial charge in [-0.1, -0.05) is 13.8 Å². The number of nitrogens with zero attached hydrogens (tertiary/aromatic N) is 2. The van der Waals surface area contributed by atoms with Crippen LogP contribution in [0.1, 0.15) is 47.0 Å². The minimum atomic E-state index is 0.0562. The minimum absolute atomic E-state index is 0.0562. The molecule has 0 bridgehead atoms. The smallest absolute Gasteiger partial charge is 0.242 e. The Balaban J connectivity index is 4.35. The molecule has 0 radical (unpaired) electrons. The van der Waals surface area contributed by atoms with Crippen molar-refractivity contribution >= 4 is 11.8 Å². The highest BCUT2D eigenvalue weighted by Crippen LogP contribution is 2.00. The average Bonchev–Trinajstić information content (AvgIpc) is 2.32. The zero-order valence-corrected chi connectivity index (χ0v) is 11.7. The fraction of sp³-hybridized carbons (Fsp3) is 0.846. The number of amides is 2. The first kappa shape index (κ1) is 15.9. The molecular weight excluding hydrogens is 216 g/mol. The molecule has 0 spiro atoms. The van der Waals surface area contributed by atoms with Crippen LogP contribution in [0.2, 0.25) is 0 Å². The molecular formula is C13H26N2O2. The molecule has 0 saturated carbocycles. The van der Waals surface area contributed by atoms with Crippen molar-refractivity contribution in [3.8, 4) is 0 Å². The summed E-state index contributed by atoms with van der Waals surface area (Å²) < 4.78 is 0. The van der Waals surface area contributed by atoms with Gasteiger partial charge in [-0.2, -0.15) is 0 Å². The lowest BCUT2D eigenvalue weighted by molar-refractivity contribution is -0.140. The van der Waals surface area contributed by atoms with Gasteiger partial charge >= 0.3 is 0 Å². The summed E-state index contributed by atoms with van der Waals surface area (Å²) in [5, 5.41) is 0. The van der Waals surface area contributed by atoms with Gasteiger partial charge in [0.05, 0.1) is 6.54 Å². The van der Waals surface area contributed by atoms with Gasteiger partial charge in [-0.3, -0.25) is 9.59 Å². The molecule has 0 aliphatic heterocycles. The van der Waals surface area contributed by atoms with Crippen LogP contribution in [0.4, 0.5) is 0 Å². The molecule has 0 saturated heterocycles. The van der Waals surface area contributed by atoms with Crippen LogP contribution in [0.15, 0.2) is 0 Å². The number of carbonyl (C=O) groups is 2. The summed E-state index contributed by atoms with van der Waals surface area (Å²) in [4.78, 5) is 27.2. The average molecular weight is 242 g/mol. The van der Waals surface area contributed by atoms with Crippen LogP contribution in [0.25, 0.3) is 0 Å². The third kappa shape index (κ3) is 5.71. The summed E-state index contributed by atoms with van der Waals surface area (Å²) in [7, 11) is 0. The number of carbonyl (C=O) groups excluding carboxylic acids is 2. The van der Waals surface area contributed by atoms with E-state index in [0.717, 1.165) is 19.4 Å². The summed E-state index contributed by atoms with van der Waals surface area (Å²) in [6.07, 6.45) is 2.31. The molecule has 17 heavy (non-hydrogen) atoms. The summed E-state index contributed by atoms with van der Waals surface area (Å²) >= 11 is 0. The number of rotatable bonds is 8. The Kier molecular flexibility index (Phi) is 8.46. The van der Waals surface area contributed by atoms with E-state index in [1.165, 1.54) is 0 Å². The van der Waals surface area contributed by atoms with Crippen molar-refractivity contribution in [1.29, 1.82) is 0 Å². The predicted octanol–water partition coefficient (Wildman–Crippen LogP) is 1.89. The van der Waals surface area contributed by atoms with Crippen LogP contribution in [0.3, 0.4) is 0 Å². The van der Waals surface area contributed by atoms with E-state index in [1.807, 2.05) is 25.7 Å². The maximum Gasteiger partial charge on any atom is 0.242 e. The number of hydrogen-bond donors (Lipinski definition) is 0. The quantitative estimate of drug-likeness (QED) is 0.652. The van der Waals surface area contributed by atoms with Crippen molar-refractivity contribution in [3.05, 3.63) is 0 Å². The molecule has 2 amide bonds. The molecule has 100 valence electrons. The molecule has 0 aliphatic carbocycles. The van der Waals surface area contributed by atoms with E-state index in [2.05, 4.69) is 6.92 Å². The summed E-state index contributed by atoms with van der Waals surface area (Å²) in [6, 6.07) is 0. The Hall–Kier alpha value is -1.06. The molecule has 4 nitrogen and oxygen atoms in total. The van der Waals surface area contributed by atoms with Gasteiger partial charge in [0.1, 0.15) is 0 Å². The normalized spacial score (nSPS) is 10.1. The van der Waals surface area contributed by atoms with Gasteiger partial charge < -0.3 is 9.80 Å². The molecule has 0 fully saturated rings. The molecule has 0 rings (SSSR count). The van der Waals surface area contributed by atoms with E-state index in [4.69, 9.17) is 0 Å². The van der Waals surface area contributed by atoms with Gasteiger partial charge in [0.25, 0.3) is 0 Å². The van der Waals surface area contributed by atoms with Crippen molar-refractivity contribution in [1.82, 2.24) is 9.80 Å².